The van der Waals surface area contributed by atoms with Crippen molar-refractivity contribution in [2.24, 2.45) is 0 Å². The molecule has 0 fully saturated rings. The molecule has 0 bridgehead atoms. The summed E-state index contributed by atoms with van der Waals surface area (Å²) in [5.41, 5.74) is 3.33. The Balaban J connectivity index is 0. The standard InChI is InChI=1S/C18H20F2N3.C7H8.2ClH.Ta/c1-11(2)21-17-9-13(19)5-7-15(17)23-16-8-6-14(20)10-18(16)22-12(3)4;1-7-5-3-2-4-6-7;;;/h5-12H,1-4H3;2-6H,1H3;2*1H;/q-3;;;;+5/p-2. The second-order valence-electron chi connectivity index (χ2n) is 7.48. The van der Waals surface area contributed by atoms with E-state index in [1.54, 1.807) is 12.1 Å². The maximum atomic E-state index is 13.5. The number of hydrogen-bond acceptors (Lipinski definition) is 0. The molecule has 0 aliphatic heterocycles. The predicted octanol–water partition coefficient (Wildman–Crippen LogP) is 3.13. The Bertz CT molecular complexity index is 885. The van der Waals surface area contributed by atoms with Crippen LogP contribution in [0.25, 0.3) is 16.0 Å². The molecule has 0 aliphatic rings. The predicted molar refractivity (Wildman–Crippen MR) is 123 cm³/mol. The Morgan fingerprint density at radius 1 is 0.606 bits per heavy atom. The van der Waals surface area contributed by atoms with Crippen LogP contribution >= 0.6 is 0 Å². The first-order valence-electron chi connectivity index (χ1n) is 9.98. The van der Waals surface area contributed by atoms with Gasteiger partial charge in [-0.25, -0.2) is 8.78 Å². The van der Waals surface area contributed by atoms with E-state index in [2.05, 4.69) is 35.0 Å². The molecule has 0 unspecified atom stereocenters. The van der Waals surface area contributed by atoms with Gasteiger partial charge in [0, 0.05) is 0 Å². The zero-order valence-electron chi connectivity index (χ0n) is 19.3. The first-order valence-corrected chi connectivity index (χ1v) is 9.98. The maximum absolute atomic E-state index is 13.5. The summed E-state index contributed by atoms with van der Waals surface area (Å²) in [6.07, 6.45) is 0. The minimum atomic E-state index is -0.366. The van der Waals surface area contributed by atoms with E-state index in [1.165, 1.54) is 29.8 Å². The van der Waals surface area contributed by atoms with Crippen molar-refractivity contribution in [2.45, 2.75) is 46.7 Å². The molecule has 8 heteroatoms. The number of rotatable bonds is 6. The van der Waals surface area contributed by atoms with Gasteiger partial charge in [0.1, 0.15) is 11.6 Å². The van der Waals surface area contributed by atoms with Crippen molar-refractivity contribution in [1.29, 1.82) is 0 Å². The molecular weight excluding hydrogens is 632 g/mol. The topological polar surface area (TPSA) is 42.3 Å². The van der Waals surface area contributed by atoms with Gasteiger partial charge in [0.25, 0.3) is 0 Å². The molecule has 0 amide bonds. The van der Waals surface area contributed by atoms with Crippen LogP contribution in [0, 0.1) is 18.6 Å². The van der Waals surface area contributed by atoms with Crippen LogP contribution in [0.2, 0.25) is 0 Å². The van der Waals surface area contributed by atoms with Gasteiger partial charge < -0.3 is 40.8 Å². The Morgan fingerprint density at radius 3 is 1.30 bits per heavy atom. The molecule has 0 saturated heterocycles. The molecule has 0 atom stereocenters. The number of benzene rings is 3. The molecule has 3 aromatic carbocycles. The molecule has 0 heterocycles. The largest absolute Gasteiger partial charge is 5.00 e. The van der Waals surface area contributed by atoms with Gasteiger partial charge in [0.05, 0.1) is 0 Å². The van der Waals surface area contributed by atoms with E-state index in [9.17, 15) is 8.78 Å². The van der Waals surface area contributed by atoms with Gasteiger partial charge in [0.15, 0.2) is 0 Å². The van der Waals surface area contributed by atoms with Crippen LogP contribution in [0.3, 0.4) is 0 Å². The molecule has 176 valence electrons. The second-order valence-corrected chi connectivity index (χ2v) is 7.48. The first-order chi connectivity index (χ1) is 14.2. The monoisotopic (exact) mass is 659 g/mol. The summed E-state index contributed by atoms with van der Waals surface area (Å²) in [6, 6.07) is 18.8. The summed E-state index contributed by atoms with van der Waals surface area (Å²) in [7, 11) is 0. The van der Waals surface area contributed by atoms with Crippen molar-refractivity contribution in [3.05, 3.63) is 99.9 Å². The van der Waals surface area contributed by atoms with E-state index in [0.717, 1.165) is 0 Å². The van der Waals surface area contributed by atoms with Gasteiger partial charge in [-0.2, -0.15) is 22.7 Å². The van der Waals surface area contributed by atoms with Crippen molar-refractivity contribution in [1.82, 2.24) is 0 Å². The molecule has 0 aromatic heterocycles. The third-order valence-electron chi connectivity index (χ3n) is 3.85. The molecule has 0 N–H and O–H groups in total. The van der Waals surface area contributed by atoms with Crippen LogP contribution in [0.15, 0.2) is 66.7 Å². The summed E-state index contributed by atoms with van der Waals surface area (Å²) in [5.74, 6) is -0.732. The Morgan fingerprint density at radius 2 is 1.00 bits per heavy atom. The van der Waals surface area contributed by atoms with Gasteiger partial charge in [-0.15, -0.1) is 12.1 Å². The molecule has 3 aromatic rings. The zero-order chi connectivity index (χ0) is 22.1. The van der Waals surface area contributed by atoms with Crippen LogP contribution in [0.4, 0.5) is 31.5 Å². The number of hydrogen-bond donors (Lipinski definition) is 0. The Labute approximate surface area is 224 Å². The van der Waals surface area contributed by atoms with Crippen LogP contribution in [-0.4, -0.2) is 12.1 Å². The molecule has 33 heavy (non-hydrogen) atoms. The Kier molecular flexibility index (Phi) is 17.0. The maximum Gasteiger partial charge on any atom is 5.00 e. The number of halogens is 4. The van der Waals surface area contributed by atoms with E-state index in [1.807, 2.05) is 45.9 Å². The SMILES string of the molecule is CC(C)[N-]c1cc(F)ccc1[N-]c1ccc(F)cc1[N-]C(C)C.Cc1ccccc1.[Cl-].[Cl-].[Ta+5]. The van der Waals surface area contributed by atoms with E-state index < -0.39 is 0 Å². The van der Waals surface area contributed by atoms with E-state index in [0.29, 0.717) is 22.7 Å². The van der Waals surface area contributed by atoms with Crippen molar-refractivity contribution < 1.29 is 56.0 Å². The fourth-order valence-electron chi connectivity index (χ4n) is 2.61. The normalized spacial score (nSPS) is 9.48. The smallest absolute Gasteiger partial charge is 1.00 e. The minimum absolute atomic E-state index is 0. The van der Waals surface area contributed by atoms with Crippen molar-refractivity contribution >= 4 is 22.7 Å². The average molecular weight is 660 g/mol. The van der Waals surface area contributed by atoms with Crippen LogP contribution in [0.1, 0.15) is 33.3 Å². The molecule has 0 spiro atoms. The van der Waals surface area contributed by atoms with Crippen LogP contribution < -0.4 is 24.8 Å². The zero-order valence-corrected chi connectivity index (χ0v) is 24.0. The third kappa shape index (κ3) is 12.3. The second kappa shape index (κ2) is 16.8. The van der Waals surface area contributed by atoms with Gasteiger partial charge in [-0.05, 0) is 31.2 Å². The van der Waals surface area contributed by atoms with Crippen LogP contribution in [-0.2, 0) is 22.4 Å². The van der Waals surface area contributed by atoms with Crippen molar-refractivity contribution in [2.75, 3.05) is 0 Å². The molecule has 0 aliphatic carbocycles. The fraction of sp³-hybridized carbons (Fsp3) is 0.280. The summed E-state index contributed by atoms with van der Waals surface area (Å²) in [6.45, 7) is 9.72. The molecule has 0 saturated carbocycles. The summed E-state index contributed by atoms with van der Waals surface area (Å²) in [5, 5.41) is 13.3. The molecule has 3 rings (SSSR count). The van der Waals surface area contributed by atoms with Gasteiger partial charge in [0.2, 0.25) is 0 Å². The van der Waals surface area contributed by atoms with Crippen molar-refractivity contribution in [3.63, 3.8) is 0 Å². The van der Waals surface area contributed by atoms with E-state index >= 15 is 0 Å². The quantitative estimate of drug-likeness (QED) is 0.391. The molecule has 0 radical (unpaired) electrons. The fourth-order valence-corrected chi connectivity index (χ4v) is 2.61. The van der Waals surface area contributed by atoms with E-state index in [4.69, 9.17) is 0 Å². The Hall–Kier alpha value is -1.76. The van der Waals surface area contributed by atoms with Gasteiger partial charge >= 0.3 is 22.4 Å². The van der Waals surface area contributed by atoms with Gasteiger partial charge in [-0.3, -0.25) is 0 Å². The average Bonchev–Trinajstić information content (AvgIpc) is 2.66. The third-order valence-corrected chi connectivity index (χ3v) is 3.85. The molecule has 3 nitrogen and oxygen atoms in total. The van der Waals surface area contributed by atoms with Crippen molar-refractivity contribution in [3.8, 4) is 0 Å². The van der Waals surface area contributed by atoms with E-state index in [-0.39, 0.29) is 70.9 Å². The summed E-state index contributed by atoms with van der Waals surface area (Å²) in [4.78, 5) is 0. The minimum Gasteiger partial charge on any atom is -1.00 e. The van der Waals surface area contributed by atoms with Gasteiger partial charge in [-0.1, -0.05) is 75.7 Å². The number of nitrogens with zero attached hydrogens (tertiary/aromatic N) is 3. The summed E-state index contributed by atoms with van der Waals surface area (Å²) >= 11 is 0. The molecular formula is C25H28Cl2F2N3Ta. The first kappa shape index (κ1) is 33.4. The van der Waals surface area contributed by atoms with Crippen LogP contribution in [0.5, 0.6) is 0 Å². The summed E-state index contributed by atoms with van der Waals surface area (Å²) < 4.78 is 26.9. The number of aryl methyl sites for hydroxylation is 1.